The van der Waals surface area contributed by atoms with Crippen molar-refractivity contribution in [2.24, 2.45) is 5.92 Å². The third kappa shape index (κ3) is 6.47. The van der Waals surface area contributed by atoms with Crippen molar-refractivity contribution in [2.75, 3.05) is 17.7 Å². The monoisotopic (exact) mass is 568 g/mol. The Labute approximate surface area is 234 Å². The average molecular weight is 569 g/mol. The highest BCUT2D eigenvalue weighted by molar-refractivity contribution is 6.34. The smallest absolute Gasteiger partial charge is 0.272 e. The summed E-state index contributed by atoms with van der Waals surface area (Å²) in [7, 11) is 1.47. The minimum absolute atomic E-state index is 0.0274. The van der Waals surface area contributed by atoms with E-state index in [-0.39, 0.29) is 47.1 Å². The second-order valence-corrected chi connectivity index (χ2v) is 9.78. The molecule has 4 aromatic rings. The van der Waals surface area contributed by atoms with Crippen LogP contribution in [0.4, 0.5) is 20.2 Å². The number of benzene rings is 3. The van der Waals surface area contributed by atoms with Gasteiger partial charge in [-0.2, -0.15) is 0 Å². The van der Waals surface area contributed by atoms with E-state index in [4.69, 9.17) is 16.3 Å². The Morgan fingerprint density at radius 3 is 2.42 bits per heavy atom. The van der Waals surface area contributed by atoms with Gasteiger partial charge < -0.3 is 25.3 Å². The summed E-state index contributed by atoms with van der Waals surface area (Å²) in [5.74, 6) is -3.02. The molecule has 0 aliphatic carbocycles. The number of nitrogens with one attached hydrogen (secondary N) is 3. The Balaban J connectivity index is 1.57. The summed E-state index contributed by atoms with van der Waals surface area (Å²) < 4.78 is 34.2. The van der Waals surface area contributed by atoms with Gasteiger partial charge in [0, 0.05) is 36.7 Å². The second-order valence-electron chi connectivity index (χ2n) is 9.37. The first-order valence-electron chi connectivity index (χ1n) is 12.3. The number of halogens is 3. The summed E-state index contributed by atoms with van der Waals surface area (Å²) in [6.45, 7) is 3.86. The maximum absolute atomic E-state index is 14.1. The van der Waals surface area contributed by atoms with Crippen molar-refractivity contribution in [3.63, 3.8) is 0 Å². The zero-order chi connectivity index (χ0) is 29.0. The van der Waals surface area contributed by atoms with Crippen LogP contribution in [-0.2, 0) is 22.8 Å². The molecule has 208 valence electrons. The first-order valence-corrected chi connectivity index (χ1v) is 12.7. The van der Waals surface area contributed by atoms with Gasteiger partial charge >= 0.3 is 0 Å². The van der Waals surface area contributed by atoms with Gasteiger partial charge in [-0.3, -0.25) is 14.4 Å². The summed E-state index contributed by atoms with van der Waals surface area (Å²) in [5, 5.41) is 8.91. The van der Waals surface area contributed by atoms with E-state index >= 15 is 0 Å². The number of carbonyl (C=O) groups is 3. The number of ether oxygens (including phenoxy) is 1. The van der Waals surface area contributed by atoms with E-state index in [1.807, 2.05) is 0 Å². The highest BCUT2D eigenvalue weighted by Gasteiger charge is 2.19. The van der Waals surface area contributed by atoms with Crippen molar-refractivity contribution in [2.45, 2.75) is 27.1 Å². The van der Waals surface area contributed by atoms with Gasteiger partial charge in [0.1, 0.15) is 24.1 Å². The van der Waals surface area contributed by atoms with Gasteiger partial charge in [0.05, 0.1) is 21.8 Å². The number of rotatable bonds is 9. The fourth-order valence-electron chi connectivity index (χ4n) is 4.03. The second kappa shape index (κ2) is 12.3. The number of hydrogen-bond donors (Lipinski definition) is 3. The van der Waals surface area contributed by atoms with E-state index in [0.29, 0.717) is 28.2 Å². The van der Waals surface area contributed by atoms with Crippen LogP contribution in [0.25, 0.3) is 10.9 Å². The van der Waals surface area contributed by atoms with E-state index in [0.717, 1.165) is 12.1 Å². The maximum Gasteiger partial charge on any atom is 0.272 e. The normalized spacial score (nSPS) is 11.1. The molecule has 0 bridgehead atoms. The van der Waals surface area contributed by atoms with Crippen LogP contribution in [0.2, 0.25) is 5.02 Å². The van der Waals surface area contributed by atoms with Gasteiger partial charge in [-0.15, -0.1) is 0 Å². The van der Waals surface area contributed by atoms with E-state index in [9.17, 15) is 23.2 Å². The Kier molecular flexibility index (Phi) is 8.81. The predicted molar refractivity (Wildman–Crippen MR) is 149 cm³/mol. The largest absolute Gasteiger partial charge is 0.364 e. The summed E-state index contributed by atoms with van der Waals surface area (Å²) in [5.41, 5.74) is 2.02. The Bertz CT molecular complexity index is 1600. The van der Waals surface area contributed by atoms with Crippen LogP contribution in [-0.4, -0.2) is 29.4 Å². The van der Waals surface area contributed by atoms with Gasteiger partial charge in [0.15, 0.2) is 0 Å². The van der Waals surface area contributed by atoms with Gasteiger partial charge in [0.25, 0.3) is 11.8 Å². The van der Waals surface area contributed by atoms with Crippen molar-refractivity contribution in [3.8, 4) is 0 Å². The van der Waals surface area contributed by atoms with Crippen molar-refractivity contribution >= 4 is 51.6 Å². The molecule has 3 aromatic carbocycles. The van der Waals surface area contributed by atoms with Crippen LogP contribution in [0.15, 0.2) is 60.7 Å². The van der Waals surface area contributed by atoms with E-state index in [2.05, 4.69) is 16.0 Å². The lowest BCUT2D eigenvalue weighted by Gasteiger charge is -2.12. The molecule has 0 radical (unpaired) electrons. The van der Waals surface area contributed by atoms with Crippen LogP contribution < -0.4 is 16.0 Å². The lowest BCUT2D eigenvalue weighted by molar-refractivity contribution is -0.124. The van der Waals surface area contributed by atoms with Crippen LogP contribution in [0.3, 0.4) is 0 Å². The topological polar surface area (TPSA) is 101 Å². The molecule has 3 amide bonds. The van der Waals surface area contributed by atoms with Gasteiger partial charge in [-0.25, -0.2) is 8.78 Å². The van der Waals surface area contributed by atoms with Crippen molar-refractivity contribution < 1.29 is 27.9 Å². The standard InChI is InChI=1S/C29H27ClF2N4O4/c1-16(2)27(37)33-14-17-4-7-22(30)21(10-17)28(38)34-20-6-9-25-18(11-20)12-26(36(25)15-40-3)29(39)35-24-8-5-19(31)13-23(24)32/h4-13,16H,14-15H2,1-3H3,(H,33,37)(H,34,38)(H,35,39). The fourth-order valence-corrected chi connectivity index (χ4v) is 4.23. The molecule has 0 saturated heterocycles. The molecule has 3 N–H and O–H groups in total. The number of carbonyl (C=O) groups excluding carboxylic acids is 3. The maximum atomic E-state index is 14.1. The molecular formula is C29H27ClF2N4O4. The Morgan fingerprint density at radius 1 is 0.950 bits per heavy atom. The molecule has 0 spiro atoms. The van der Waals surface area contributed by atoms with Crippen molar-refractivity contribution in [1.82, 2.24) is 9.88 Å². The number of hydrogen-bond acceptors (Lipinski definition) is 4. The highest BCUT2D eigenvalue weighted by Crippen LogP contribution is 2.26. The molecule has 0 atom stereocenters. The average Bonchev–Trinajstić information content (AvgIpc) is 3.27. The number of amides is 3. The quantitative estimate of drug-likeness (QED) is 0.232. The summed E-state index contributed by atoms with van der Waals surface area (Å²) in [6.07, 6.45) is 0. The minimum Gasteiger partial charge on any atom is -0.364 e. The lowest BCUT2D eigenvalue weighted by atomic mass is 10.1. The first-order chi connectivity index (χ1) is 19.1. The van der Waals surface area contributed by atoms with Crippen molar-refractivity contribution in [3.05, 3.63) is 94.1 Å². The number of fused-ring (bicyclic) bond motifs is 1. The van der Waals surface area contributed by atoms with Crippen LogP contribution >= 0.6 is 11.6 Å². The predicted octanol–water partition coefficient (Wildman–Crippen LogP) is 5.95. The third-order valence-electron chi connectivity index (χ3n) is 6.10. The van der Waals surface area contributed by atoms with Gasteiger partial charge in [-0.1, -0.05) is 31.5 Å². The molecule has 0 fully saturated rings. The molecule has 4 rings (SSSR count). The zero-order valence-corrected chi connectivity index (χ0v) is 22.7. The molecule has 8 nitrogen and oxygen atoms in total. The zero-order valence-electron chi connectivity index (χ0n) is 22.0. The highest BCUT2D eigenvalue weighted by atomic mass is 35.5. The number of methoxy groups -OCH3 is 1. The minimum atomic E-state index is -0.905. The van der Waals surface area contributed by atoms with Crippen molar-refractivity contribution in [1.29, 1.82) is 0 Å². The number of aromatic nitrogens is 1. The van der Waals surface area contributed by atoms with E-state index < -0.39 is 23.4 Å². The van der Waals surface area contributed by atoms with Crippen LogP contribution in [0, 0.1) is 17.6 Å². The van der Waals surface area contributed by atoms with E-state index in [1.165, 1.54) is 7.11 Å². The summed E-state index contributed by atoms with van der Waals surface area (Å²) in [4.78, 5) is 38.0. The van der Waals surface area contributed by atoms with Gasteiger partial charge in [-0.05, 0) is 54.1 Å². The molecule has 0 aliphatic rings. The Hall–Kier alpha value is -4.28. The van der Waals surface area contributed by atoms with Crippen LogP contribution in [0.5, 0.6) is 0 Å². The summed E-state index contributed by atoms with van der Waals surface area (Å²) >= 11 is 6.29. The fraction of sp³-hybridized carbons (Fsp3) is 0.207. The molecule has 40 heavy (non-hydrogen) atoms. The molecule has 11 heteroatoms. The molecule has 0 aliphatic heterocycles. The SMILES string of the molecule is COCn1c(C(=O)Nc2ccc(F)cc2F)cc2cc(NC(=O)c3cc(CNC(=O)C(C)C)ccc3Cl)ccc21. The molecule has 1 heterocycles. The number of nitrogens with zero attached hydrogens (tertiary/aromatic N) is 1. The van der Waals surface area contributed by atoms with E-state index in [1.54, 1.807) is 60.9 Å². The van der Waals surface area contributed by atoms with Gasteiger partial charge in [0.2, 0.25) is 5.91 Å². The molecule has 0 saturated carbocycles. The van der Waals surface area contributed by atoms with Crippen LogP contribution in [0.1, 0.15) is 40.3 Å². The molecule has 1 aromatic heterocycles. The first kappa shape index (κ1) is 28.7. The third-order valence-corrected chi connectivity index (χ3v) is 6.43. The molecular weight excluding hydrogens is 542 g/mol. The Morgan fingerprint density at radius 2 is 1.73 bits per heavy atom. The molecule has 0 unspecified atom stereocenters. The summed E-state index contributed by atoms with van der Waals surface area (Å²) in [6, 6.07) is 14.4. The number of anilines is 2. The lowest BCUT2D eigenvalue weighted by Crippen LogP contribution is -2.27.